The van der Waals surface area contributed by atoms with Gasteiger partial charge in [0.1, 0.15) is 5.75 Å². The fourth-order valence-corrected chi connectivity index (χ4v) is 3.32. The molecule has 3 rings (SSSR count). The first-order valence-electron chi connectivity index (χ1n) is 10.3. The molecular weight excluding hydrogens is 511 g/mol. The molecular formula is C22H31IN4O4. The number of hydrogen-bond donors (Lipinski definition) is 1. The molecule has 1 saturated heterocycles. The van der Waals surface area contributed by atoms with Gasteiger partial charge in [-0.2, -0.15) is 0 Å². The molecule has 2 heterocycles. The summed E-state index contributed by atoms with van der Waals surface area (Å²) in [4.78, 5) is 21.1. The number of carbonyl (C=O) groups is 1. The highest BCUT2D eigenvalue weighted by molar-refractivity contribution is 14.0. The summed E-state index contributed by atoms with van der Waals surface area (Å²) >= 11 is 0. The van der Waals surface area contributed by atoms with E-state index in [4.69, 9.17) is 13.9 Å². The highest BCUT2D eigenvalue weighted by Gasteiger charge is 2.25. The van der Waals surface area contributed by atoms with Crippen LogP contribution in [0.5, 0.6) is 5.75 Å². The fraction of sp³-hybridized carbons (Fsp3) is 0.455. The molecule has 1 amide bonds. The number of halogens is 1. The molecule has 1 fully saturated rings. The number of amides is 1. The topological polar surface area (TPSA) is 79.5 Å². The standard InChI is InChI=1S/C22H30N4O4.HI/c1-3-23-22(24-10-16-29-17-18-7-4-5-8-19(18)28-2)26-13-11-25(12-14-26)21(27)20-9-6-15-30-20;/h4-9,15H,3,10-14,16-17H2,1-2H3,(H,23,24);1H. The van der Waals surface area contributed by atoms with Crippen molar-refractivity contribution in [3.63, 3.8) is 0 Å². The van der Waals surface area contributed by atoms with Crippen LogP contribution in [0.4, 0.5) is 0 Å². The first-order chi connectivity index (χ1) is 14.7. The van der Waals surface area contributed by atoms with Crippen molar-refractivity contribution in [1.29, 1.82) is 0 Å². The van der Waals surface area contributed by atoms with Crippen LogP contribution in [0.3, 0.4) is 0 Å². The molecule has 0 spiro atoms. The van der Waals surface area contributed by atoms with Crippen LogP contribution in [-0.2, 0) is 11.3 Å². The molecule has 1 aromatic carbocycles. The average molecular weight is 542 g/mol. The second kappa shape index (κ2) is 13.2. The number of piperazine rings is 1. The minimum atomic E-state index is -0.0636. The third kappa shape index (κ3) is 7.13. The highest BCUT2D eigenvalue weighted by atomic mass is 127. The average Bonchev–Trinajstić information content (AvgIpc) is 3.33. The van der Waals surface area contributed by atoms with Gasteiger partial charge >= 0.3 is 0 Å². The molecule has 0 atom stereocenters. The van der Waals surface area contributed by atoms with Gasteiger partial charge in [-0.05, 0) is 25.1 Å². The number of ether oxygens (including phenoxy) is 2. The van der Waals surface area contributed by atoms with E-state index in [2.05, 4.69) is 15.2 Å². The smallest absolute Gasteiger partial charge is 0.289 e. The molecule has 1 aliphatic rings. The maximum absolute atomic E-state index is 12.4. The van der Waals surface area contributed by atoms with Crippen LogP contribution in [0.1, 0.15) is 23.0 Å². The minimum Gasteiger partial charge on any atom is -0.496 e. The third-order valence-corrected chi connectivity index (χ3v) is 4.88. The van der Waals surface area contributed by atoms with Gasteiger partial charge in [0.2, 0.25) is 0 Å². The van der Waals surface area contributed by atoms with E-state index >= 15 is 0 Å². The molecule has 2 aromatic rings. The van der Waals surface area contributed by atoms with Gasteiger partial charge in [-0.1, -0.05) is 18.2 Å². The Bertz CT molecular complexity index is 821. The number of nitrogens with zero attached hydrogens (tertiary/aromatic N) is 3. The Kier molecular flexibility index (Phi) is 10.6. The van der Waals surface area contributed by atoms with Crippen LogP contribution in [0.15, 0.2) is 52.1 Å². The molecule has 0 saturated carbocycles. The first-order valence-corrected chi connectivity index (χ1v) is 10.3. The Labute approximate surface area is 200 Å². The lowest BCUT2D eigenvalue weighted by Crippen LogP contribution is -2.53. The predicted octanol–water partition coefficient (Wildman–Crippen LogP) is 2.85. The maximum Gasteiger partial charge on any atom is 0.289 e. The van der Waals surface area contributed by atoms with Gasteiger partial charge in [0.05, 0.1) is 33.1 Å². The van der Waals surface area contributed by atoms with E-state index in [-0.39, 0.29) is 29.9 Å². The number of methoxy groups -OCH3 is 1. The van der Waals surface area contributed by atoms with Crippen LogP contribution in [0.2, 0.25) is 0 Å². The Morgan fingerprint density at radius 1 is 1.13 bits per heavy atom. The van der Waals surface area contributed by atoms with Crippen LogP contribution in [0.25, 0.3) is 0 Å². The van der Waals surface area contributed by atoms with Gasteiger partial charge in [0, 0.05) is 38.3 Å². The summed E-state index contributed by atoms with van der Waals surface area (Å²) in [6.07, 6.45) is 1.52. The monoisotopic (exact) mass is 542 g/mol. The third-order valence-electron chi connectivity index (χ3n) is 4.88. The van der Waals surface area contributed by atoms with E-state index in [0.717, 1.165) is 36.9 Å². The van der Waals surface area contributed by atoms with Crippen LogP contribution < -0.4 is 10.1 Å². The van der Waals surface area contributed by atoms with Crippen LogP contribution in [0, 0.1) is 0 Å². The van der Waals surface area contributed by atoms with Gasteiger partial charge in [0.25, 0.3) is 5.91 Å². The van der Waals surface area contributed by atoms with E-state index in [1.165, 1.54) is 6.26 Å². The lowest BCUT2D eigenvalue weighted by atomic mass is 10.2. The van der Waals surface area contributed by atoms with E-state index < -0.39 is 0 Å². The van der Waals surface area contributed by atoms with Crippen molar-refractivity contribution in [1.82, 2.24) is 15.1 Å². The number of hydrogen-bond acceptors (Lipinski definition) is 5. The molecule has 0 aliphatic carbocycles. The summed E-state index contributed by atoms with van der Waals surface area (Å²) in [5.74, 6) is 2.00. The Hall–Kier alpha value is -2.27. The number of benzene rings is 1. The largest absolute Gasteiger partial charge is 0.496 e. The van der Waals surface area contributed by atoms with Gasteiger partial charge in [-0.3, -0.25) is 9.79 Å². The Balaban J connectivity index is 0.00000341. The van der Waals surface area contributed by atoms with E-state index in [1.54, 1.807) is 19.2 Å². The van der Waals surface area contributed by atoms with E-state index in [0.29, 0.717) is 38.6 Å². The highest BCUT2D eigenvalue weighted by Crippen LogP contribution is 2.17. The molecule has 9 heteroatoms. The molecule has 0 bridgehead atoms. The van der Waals surface area contributed by atoms with Gasteiger partial charge in [-0.15, -0.1) is 24.0 Å². The fourth-order valence-electron chi connectivity index (χ4n) is 3.32. The summed E-state index contributed by atoms with van der Waals surface area (Å²) in [5, 5.41) is 3.33. The quantitative estimate of drug-likeness (QED) is 0.239. The van der Waals surface area contributed by atoms with Crippen LogP contribution in [-0.4, -0.2) is 74.7 Å². The minimum absolute atomic E-state index is 0. The predicted molar refractivity (Wildman–Crippen MR) is 130 cm³/mol. The molecule has 1 N–H and O–H groups in total. The lowest BCUT2D eigenvalue weighted by molar-refractivity contribution is 0.0657. The summed E-state index contributed by atoms with van der Waals surface area (Å²) < 4.78 is 16.3. The molecule has 170 valence electrons. The van der Waals surface area contributed by atoms with Crippen molar-refractivity contribution in [2.75, 3.05) is 53.0 Å². The zero-order valence-electron chi connectivity index (χ0n) is 18.1. The van der Waals surface area contributed by atoms with Gasteiger partial charge < -0.3 is 29.0 Å². The van der Waals surface area contributed by atoms with Crippen molar-refractivity contribution >= 4 is 35.8 Å². The number of aliphatic imine (C=N–C) groups is 1. The molecule has 1 aromatic heterocycles. The van der Waals surface area contributed by atoms with Crippen molar-refractivity contribution in [2.45, 2.75) is 13.5 Å². The molecule has 0 radical (unpaired) electrons. The summed E-state index contributed by atoms with van der Waals surface area (Å²) in [6, 6.07) is 11.3. The number of carbonyl (C=O) groups excluding carboxylic acids is 1. The van der Waals surface area contributed by atoms with E-state index in [9.17, 15) is 4.79 Å². The molecule has 31 heavy (non-hydrogen) atoms. The zero-order chi connectivity index (χ0) is 21.2. The number of rotatable bonds is 8. The van der Waals surface area contributed by atoms with Crippen molar-refractivity contribution in [3.8, 4) is 5.75 Å². The van der Waals surface area contributed by atoms with E-state index in [1.807, 2.05) is 36.1 Å². The maximum atomic E-state index is 12.4. The molecule has 8 nitrogen and oxygen atoms in total. The SMILES string of the molecule is CCNC(=NCCOCc1ccccc1OC)N1CCN(C(=O)c2ccco2)CC1.I. The number of para-hydroxylation sites is 1. The van der Waals surface area contributed by atoms with Crippen molar-refractivity contribution < 1.29 is 18.7 Å². The lowest BCUT2D eigenvalue weighted by Gasteiger charge is -2.36. The van der Waals surface area contributed by atoms with Crippen molar-refractivity contribution in [2.24, 2.45) is 4.99 Å². The summed E-state index contributed by atoms with van der Waals surface area (Å²) in [7, 11) is 1.66. The normalized spacial score (nSPS) is 14.2. The summed E-state index contributed by atoms with van der Waals surface area (Å²) in [6.45, 7) is 7.11. The number of guanidine groups is 1. The Morgan fingerprint density at radius 2 is 1.87 bits per heavy atom. The number of nitrogens with one attached hydrogen (secondary N) is 1. The molecule has 0 unspecified atom stereocenters. The molecule has 1 aliphatic heterocycles. The first kappa shape index (κ1) is 25.0. The van der Waals surface area contributed by atoms with Crippen molar-refractivity contribution in [3.05, 3.63) is 54.0 Å². The van der Waals surface area contributed by atoms with Gasteiger partial charge in [0.15, 0.2) is 11.7 Å². The Morgan fingerprint density at radius 3 is 2.55 bits per heavy atom. The zero-order valence-corrected chi connectivity index (χ0v) is 20.4. The second-order valence-corrected chi connectivity index (χ2v) is 6.86. The van der Waals surface area contributed by atoms with Crippen LogP contribution >= 0.6 is 24.0 Å². The second-order valence-electron chi connectivity index (χ2n) is 6.86. The van der Waals surface area contributed by atoms with Gasteiger partial charge in [-0.25, -0.2) is 0 Å². The summed E-state index contributed by atoms with van der Waals surface area (Å²) in [5.41, 5.74) is 1.02. The number of furan rings is 1.